The Morgan fingerprint density at radius 2 is 2.13 bits per heavy atom. The van der Waals surface area contributed by atoms with Crippen LogP contribution >= 0.6 is 11.6 Å². The quantitative estimate of drug-likeness (QED) is 0.492. The van der Waals surface area contributed by atoms with E-state index in [2.05, 4.69) is 0 Å². The van der Waals surface area contributed by atoms with Gasteiger partial charge in [-0.25, -0.2) is 8.78 Å². The van der Waals surface area contributed by atoms with Crippen LogP contribution in [0, 0.1) is 21.7 Å². The Kier molecular flexibility index (Phi) is 4.64. The minimum Gasteiger partial charge on any atom is -0.389 e. The van der Waals surface area contributed by atoms with Crippen LogP contribution < -0.4 is 0 Å². The van der Waals surface area contributed by atoms with Crippen LogP contribution in [-0.4, -0.2) is 34.4 Å². The van der Waals surface area contributed by atoms with Gasteiger partial charge >= 0.3 is 0 Å². The average Bonchev–Trinajstić information content (AvgIpc) is 2.76. The molecule has 1 aromatic carbocycles. The molecule has 1 fully saturated rings. The molecule has 23 heavy (non-hydrogen) atoms. The van der Waals surface area contributed by atoms with Crippen LogP contribution in [0.5, 0.6) is 0 Å². The van der Waals surface area contributed by atoms with Gasteiger partial charge in [-0.2, -0.15) is 0 Å². The molecule has 0 bridgehead atoms. The van der Waals surface area contributed by atoms with Gasteiger partial charge in [0.25, 0.3) is 0 Å². The molecule has 0 saturated carbocycles. The molecule has 0 amide bonds. The van der Waals surface area contributed by atoms with E-state index in [0.29, 0.717) is 0 Å². The van der Waals surface area contributed by atoms with Gasteiger partial charge in [0.05, 0.1) is 18.3 Å². The molecule has 0 radical (unpaired) electrons. The third-order valence-corrected chi connectivity index (χ3v) is 4.25. The van der Waals surface area contributed by atoms with Crippen LogP contribution in [0.15, 0.2) is 6.07 Å². The first-order valence-electron chi connectivity index (χ1n) is 6.85. The lowest BCUT2D eigenvalue weighted by Crippen LogP contribution is -2.44. The maximum atomic E-state index is 14.5. The van der Waals surface area contributed by atoms with Crippen LogP contribution in [-0.2, 0) is 15.9 Å². The molecule has 2 unspecified atom stereocenters. The van der Waals surface area contributed by atoms with E-state index in [-0.39, 0.29) is 18.6 Å². The van der Waals surface area contributed by atoms with E-state index < -0.39 is 51.0 Å². The molecule has 128 valence electrons. The zero-order valence-corrected chi connectivity index (χ0v) is 13.2. The van der Waals surface area contributed by atoms with Gasteiger partial charge in [0, 0.05) is 22.5 Å². The average molecular weight is 352 g/mol. The molecule has 1 saturated heterocycles. The molecule has 9 heteroatoms. The summed E-state index contributed by atoms with van der Waals surface area (Å²) in [6.07, 6.45) is -1.31. The molecule has 2 N–H and O–H groups in total. The summed E-state index contributed by atoms with van der Waals surface area (Å²) in [6, 6.07) is 0.925. The number of aliphatic hydroxyl groups excluding tert-OH is 1. The van der Waals surface area contributed by atoms with E-state index in [9.17, 15) is 29.1 Å². The van der Waals surface area contributed by atoms with Gasteiger partial charge in [-0.1, -0.05) is 11.6 Å². The van der Waals surface area contributed by atoms with Gasteiger partial charge in [0.2, 0.25) is 6.54 Å². The summed E-state index contributed by atoms with van der Waals surface area (Å²) in [5.74, 6) is -2.41. The molecular weight excluding hydrogens is 336 g/mol. The first-order valence-corrected chi connectivity index (χ1v) is 7.23. The smallest absolute Gasteiger partial charge is 0.239 e. The number of hydrogen-bond donors (Lipinski definition) is 2. The maximum absolute atomic E-state index is 14.5. The largest absolute Gasteiger partial charge is 0.389 e. The minimum absolute atomic E-state index is 0.0265. The Balaban J connectivity index is 2.74. The molecule has 0 spiro atoms. The van der Waals surface area contributed by atoms with Gasteiger partial charge in [0.1, 0.15) is 5.02 Å². The Hall–Kier alpha value is -1.35. The van der Waals surface area contributed by atoms with Gasteiger partial charge < -0.3 is 14.9 Å². The van der Waals surface area contributed by atoms with Crippen LogP contribution in [0.2, 0.25) is 5.02 Å². The predicted molar refractivity (Wildman–Crippen MR) is 76.7 cm³/mol. The maximum Gasteiger partial charge on any atom is 0.239 e. The molecule has 0 aromatic heterocycles. The number of halogens is 3. The lowest BCUT2D eigenvalue weighted by molar-refractivity contribution is -0.505. The molecule has 6 nitrogen and oxygen atoms in total. The molecule has 2 rings (SSSR count). The van der Waals surface area contributed by atoms with Crippen molar-refractivity contribution in [3.63, 3.8) is 0 Å². The monoisotopic (exact) mass is 351 g/mol. The normalized spacial score (nSPS) is 24.9. The summed E-state index contributed by atoms with van der Waals surface area (Å²) in [5.41, 5.74) is -4.48. The van der Waals surface area contributed by atoms with E-state index in [0.717, 1.165) is 6.07 Å². The zero-order chi connectivity index (χ0) is 17.6. The van der Waals surface area contributed by atoms with Crippen molar-refractivity contribution >= 4 is 11.6 Å². The number of ether oxygens (including phenoxy) is 1. The summed E-state index contributed by atoms with van der Waals surface area (Å²) >= 11 is 5.65. The molecule has 1 heterocycles. The summed E-state index contributed by atoms with van der Waals surface area (Å²) in [5, 5.41) is 30.2. The summed E-state index contributed by atoms with van der Waals surface area (Å²) in [6.45, 7) is 1.57. The number of nitrogens with zero attached hydrogens (tertiary/aromatic N) is 1. The second-order valence-electron chi connectivity index (χ2n) is 6.01. The zero-order valence-electron chi connectivity index (χ0n) is 12.5. The van der Waals surface area contributed by atoms with Crippen LogP contribution in [0.4, 0.5) is 8.78 Å². The van der Waals surface area contributed by atoms with Crippen molar-refractivity contribution < 1.29 is 28.7 Å². The molecule has 1 aliphatic heterocycles. The van der Waals surface area contributed by atoms with Gasteiger partial charge in [-0.15, -0.1) is 0 Å². The van der Waals surface area contributed by atoms with E-state index in [1.54, 1.807) is 0 Å². The van der Waals surface area contributed by atoms with Crippen LogP contribution in [0.25, 0.3) is 0 Å². The Labute approximate surface area is 135 Å². The Morgan fingerprint density at radius 3 is 2.57 bits per heavy atom. The highest BCUT2D eigenvalue weighted by atomic mass is 35.5. The number of aliphatic hydroxyl groups is 2. The number of hydrogen-bond acceptors (Lipinski definition) is 5. The molecule has 1 aliphatic rings. The van der Waals surface area contributed by atoms with Gasteiger partial charge in [0.15, 0.2) is 17.2 Å². The SMILES string of the molecule is CC(C)(O)c1cc(C2(C[N+](=O)[O-])OCCC2O)c(F)c(Cl)c1F. The molecular formula is C14H16ClF2NO5. The standard InChI is InChI=1S/C14H16ClF2NO5/c1-13(2,20)7-5-8(12(17)10(15)11(7)16)14(6-18(21)22)9(19)3-4-23-14/h5,9,19-20H,3-4,6H2,1-2H3. The van der Waals surface area contributed by atoms with Crippen molar-refractivity contribution in [2.24, 2.45) is 0 Å². The van der Waals surface area contributed by atoms with E-state index in [4.69, 9.17) is 16.3 Å². The number of rotatable bonds is 4. The molecule has 0 aliphatic carbocycles. The minimum atomic E-state index is -1.98. The van der Waals surface area contributed by atoms with Crippen LogP contribution in [0.1, 0.15) is 31.4 Å². The highest BCUT2D eigenvalue weighted by Gasteiger charge is 2.52. The summed E-state index contributed by atoms with van der Waals surface area (Å²) < 4.78 is 33.9. The molecule has 1 aromatic rings. The van der Waals surface area contributed by atoms with E-state index in [1.807, 2.05) is 0 Å². The fourth-order valence-electron chi connectivity index (χ4n) is 2.72. The second-order valence-corrected chi connectivity index (χ2v) is 6.38. The highest BCUT2D eigenvalue weighted by molar-refractivity contribution is 6.31. The van der Waals surface area contributed by atoms with E-state index >= 15 is 0 Å². The third kappa shape index (κ3) is 3.03. The van der Waals surface area contributed by atoms with Gasteiger partial charge in [-0.05, 0) is 19.9 Å². The van der Waals surface area contributed by atoms with Crippen molar-refractivity contribution in [3.8, 4) is 0 Å². The highest BCUT2D eigenvalue weighted by Crippen LogP contribution is 2.42. The third-order valence-electron chi connectivity index (χ3n) is 3.92. The lowest BCUT2D eigenvalue weighted by atomic mass is 9.84. The van der Waals surface area contributed by atoms with Crippen LogP contribution in [0.3, 0.4) is 0 Å². The first kappa shape index (κ1) is 18.0. The Bertz CT molecular complexity index is 649. The summed E-state index contributed by atoms with van der Waals surface area (Å²) in [4.78, 5) is 10.2. The fourth-order valence-corrected chi connectivity index (χ4v) is 2.93. The second kappa shape index (κ2) is 5.94. The number of benzene rings is 1. The van der Waals surface area contributed by atoms with E-state index in [1.165, 1.54) is 13.8 Å². The van der Waals surface area contributed by atoms with Gasteiger partial charge in [-0.3, -0.25) is 10.1 Å². The van der Waals surface area contributed by atoms with Crippen molar-refractivity contribution in [2.75, 3.05) is 13.2 Å². The van der Waals surface area contributed by atoms with Crippen molar-refractivity contribution in [2.45, 2.75) is 37.6 Å². The van der Waals surface area contributed by atoms with Crippen molar-refractivity contribution in [1.82, 2.24) is 0 Å². The topological polar surface area (TPSA) is 92.8 Å². The fraction of sp³-hybridized carbons (Fsp3) is 0.571. The number of nitro groups is 1. The molecule has 2 atom stereocenters. The first-order chi connectivity index (χ1) is 10.5. The van der Waals surface area contributed by atoms with Crippen molar-refractivity contribution in [3.05, 3.63) is 44.0 Å². The summed E-state index contributed by atoms with van der Waals surface area (Å²) in [7, 11) is 0. The predicted octanol–water partition coefficient (Wildman–Crippen LogP) is 2.10. The lowest BCUT2D eigenvalue weighted by Gasteiger charge is -2.30. The Morgan fingerprint density at radius 1 is 1.52 bits per heavy atom. The van der Waals surface area contributed by atoms with Crippen molar-refractivity contribution in [1.29, 1.82) is 0 Å².